The second-order valence-electron chi connectivity index (χ2n) is 6.69. The van der Waals surface area contributed by atoms with Gasteiger partial charge in [0.25, 0.3) is 0 Å². The van der Waals surface area contributed by atoms with Gasteiger partial charge in [0, 0.05) is 6.54 Å². The van der Waals surface area contributed by atoms with Gasteiger partial charge in [0.05, 0.1) is 12.2 Å². The highest BCUT2D eigenvalue weighted by molar-refractivity contribution is 5.84. The van der Waals surface area contributed by atoms with Crippen molar-refractivity contribution in [3.63, 3.8) is 0 Å². The van der Waals surface area contributed by atoms with Crippen LogP contribution in [0.4, 0.5) is 0 Å². The van der Waals surface area contributed by atoms with Gasteiger partial charge in [-0.15, -0.1) is 0 Å². The summed E-state index contributed by atoms with van der Waals surface area (Å²) in [4.78, 5) is 14.4. The van der Waals surface area contributed by atoms with Crippen LogP contribution in [0.5, 0.6) is 0 Å². The summed E-state index contributed by atoms with van der Waals surface area (Å²) < 4.78 is 0. The van der Waals surface area contributed by atoms with Gasteiger partial charge in [-0.2, -0.15) is 0 Å². The molecule has 3 nitrogen and oxygen atoms in total. The highest BCUT2D eigenvalue weighted by Crippen LogP contribution is 2.52. The molecule has 98 valence electrons. The van der Waals surface area contributed by atoms with Crippen molar-refractivity contribution in [1.82, 2.24) is 10.2 Å². The van der Waals surface area contributed by atoms with Crippen molar-refractivity contribution < 1.29 is 4.79 Å². The summed E-state index contributed by atoms with van der Waals surface area (Å²) in [7, 11) is 0. The number of hydrogen-bond acceptors (Lipinski definition) is 2. The first-order valence-electron chi connectivity index (χ1n) is 6.93. The van der Waals surface area contributed by atoms with Gasteiger partial charge in [-0.05, 0) is 30.1 Å². The molecule has 1 saturated heterocycles. The summed E-state index contributed by atoms with van der Waals surface area (Å²) in [5, 5.41) is 3.48. The van der Waals surface area contributed by atoms with Crippen molar-refractivity contribution in [2.45, 2.75) is 59.7 Å². The van der Waals surface area contributed by atoms with Gasteiger partial charge in [-0.1, -0.05) is 34.6 Å². The van der Waals surface area contributed by atoms with Crippen LogP contribution >= 0.6 is 0 Å². The van der Waals surface area contributed by atoms with Crippen molar-refractivity contribution in [3.8, 4) is 0 Å². The van der Waals surface area contributed by atoms with Crippen LogP contribution in [0, 0.1) is 17.3 Å². The Bertz CT molecular complexity index is 311. The Kier molecular flexibility index (Phi) is 3.23. The van der Waals surface area contributed by atoms with Crippen molar-refractivity contribution in [1.29, 1.82) is 0 Å². The van der Waals surface area contributed by atoms with Gasteiger partial charge in [0.2, 0.25) is 5.91 Å². The van der Waals surface area contributed by atoms with Crippen molar-refractivity contribution in [3.05, 3.63) is 0 Å². The Labute approximate surface area is 105 Å². The molecule has 17 heavy (non-hydrogen) atoms. The zero-order valence-corrected chi connectivity index (χ0v) is 11.8. The quantitative estimate of drug-likeness (QED) is 0.814. The van der Waals surface area contributed by atoms with Gasteiger partial charge in [0.1, 0.15) is 0 Å². The van der Waals surface area contributed by atoms with Crippen molar-refractivity contribution in [2.75, 3.05) is 6.54 Å². The van der Waals surface area contributed by atoms with E-state index in [2.05, 4.69) is 44.8 Å². The third kappa shape index (κ3) is 2.35. The monoisotopic (exact) mass is 238 g/mol. The van der Waals surface area contributed by atoms with E-state index in [9.17, 15) is 4.79 Å². The maximum Gasteiger partial charge on any atom is 0.241 e. The Balaban J connectivity index is 2.02. The molecule has 0 spiro atoms. The normalized spacial score (nSPS) is 35.8. The lowest BCUT2D eigenvalue weighted by atomic mass is 10.0. The molecule has 0 aromatic carbocycles. The minimum Gasteiger partial charge on any atom is -0.326 e. The first-order chi connectivity index (χ1) is 7.86. The van der Waals surface area contributed by atoms with E-state index in [1.807, 2.05) is 0 Å². The van der Waals surface area contributed by atoms with Crippen LogP contribution in [0.25, 0.3) is 0 Å². The van der Waals surface area contributed by atoms with Gasteiger partial charge >= 0.3 is 0 Å². The molecule has 2 fully saturated rings. The molecule has 1 amide bonds. The standard InChI is InChI=1S/C14H26N2O/c1-6-11-15-12(9(2)3)13(17)16(11)8-10-7-14(10,4)5/h9-12,15H,6-8H2,1-5H3. The van der Waals surface area contributed by atoms with E-state index in [0.29, 0.717) is 23.2 Å². The fraction of sp³-hybridized carbons (Fsp3) is 0.929. The maximum atomic E-state index is 12.4. The second-order valence-corrected chi connectivity index (χ2v) is 6.69. The van der Waals surface area contributed by atoms with Crippen LogP contribution in [0.3, 0.4) is 0 Å². The molecule has 1 aliphatic heterocycles. The third-order valence-electron chi connectivity index (χ3n) is 4.49. The molecule has 0 aromatic rings. The molecule has 3 unspecified atom stereocenters. The highest BCUT2D eigenvalue weighted by atomic mass is 16.2. The van der Waals surface area contributed by atoms with E-state index in [1.165, 1.54) is 6.42 Å². The van der Waals surface area contributed by atoms with Crippen LogP contribution in [-0.2, 0) is 4.79 Å². The lowest BCUT2D eigenvalue weighted by Crippen LogP contribution is -2.38. The summed E-state index contributed by atoms with van der Waals surface area (Å²) in [5.41, 5.74) is 0.453. The van der Waals surface area contributed by atoms with Crippen LogP contribution in [0.15, 0.2) is 0 Å². The van der Waals surface area contributed by atoms with Crippen LogP contribution in [0.1, 0.15) is 47.5 Å². The predicted octanol–water partition coefficient (Wildman–Crippen LogP) is 2.22. The maximum absolute atomic E-state index is 12.4. The van der Waals surface area contributed by atoms with E-state index in [0.717, 1.165) is 13.0 Å². The molecule has 1 aliphatic carbocycles. The summed E-state index contributed by atoms with van der Waals surface area (Å²) in [6.45, 7) is 11.9. The largest absolute Gasteiger partial charge is 0.326 e. The summed E-state index contributed by atoms with van der Waals surface area (Å²) in [6.07, 6.45) is 2.52. The zero-order chi connectivity index (χ0) is 12.8. The van der Waals surface area contributed by atoms with Crippen LogP contribution in [-0.4, -0.2) is 29.6 Å². The molecule has 1 saturated carbocycles. The predicted molar refractivity (Wildman–Crippen MR) is 69.4 cm³/mol. The Morgan fingerprint density at radius 3 is 2.47 bits per heavy atom. The number of carbonyl (C=O) groups is 1. The fourth-order valence-corrected chi connectivity index (χ4v) is 2.86. The molecule has 2 rings (SSSR count). The van der Waals surface area contributed by atoms with E-state index in [-0.39, 0.29) is 12.2 Å². The van der Waals surface area contributed by atoms with E-state index in [4.69, 9.17) is 0 Å². The van der Waals surface area contributed by atoms with E-state index >= 15 is 0 Å². The van der Waals surface area contributed by atoms with Crippen LogP contribution < -0.4 is 5.32 Å². The smallest absolute Gasteiger partial charge is 0.241 e. The molecular weight excluding hydrogens is 212 g/mol. The number of amides is 1. The van der Waals surface area contributed by atoms with Crippen molar-refractivity contribution >= 4 is 5.91 Å². The number of hydrogen-bond donors (Lipinski definition) is 1. The van der Waals surface area contributed by atoms with Crippen molar-refractivity contribution in [2.24, 2.45) is 17.3 Å². The minimum absolute atomic E-state index is 0.0295. The topological polar surface area (TPSA) is 32.3 Å². The molecular formula is C14H26N2O. The number of carbonyl (C=O) groups excluding carboxylic acids is 1. The molecule has 1 heterocycles. The average molecular weight is 238 g/mol. The summed E-state index contributed by atoms with van der Waals surface area (Å²) >= 11 is 0. The number of rotatable bonds is 4. The summed E-state index contributed by atoms with van der Waals surface area (Å²) in [6, 6.07) is 0.0295. The Hall–Kier alpha value is -0.570. The Morgan fingerprint density at radius 2 is 2.06 bits per heavy atom. The lowest BCUT2D eigenvalue weighted by molar-refractivity contribution is -0.131. The SMILES string of the molecule is CCC1NC(C(C)C)C(=O)N1CC1CC1(C)C. The number of nitrogens with zero attached hydrogens (tertiary/aromatic N) is 1. The Morgan fingerprint density at radius 1 is 1.47 bits per heavy atom. The van der Waals surface area contributed by atoms with Gasteiger partial charge < -0.3 is 4.90 Å². The van der Waals surface area contributed by atoms with E-state index < -0.39 is 0 Å². The zero-order valence-electron chi connectivity index (χ0n) is 11.8. The van der Waals surface area contributed by atoms with Gasteiger partial charge in [-0.3, -0.25) is 10.1 Å². The van der Waals surface area contributed by atoms with Gasteiger partial charge in [-0.25, -0.2) is 0 Å². The van der Waals surface area contributed by atoms with E-state index in [1.54, 1.807) is 0 Å². The minimum atomic E-state index is 0.0295. The molecule has 0 bridgehead atoms. The molecule has 3 heteroatoms. The number of nitrogens with one attached hydrogen (secondary N) is 1. The highest BCUT2D eigenvalue weighted by Gasteiger charge is 2.49. The molecule has 1 N–H and O–H groups in total. The fourth-order valence-electron chi connectivity index (χ4n) is 2.86. The molecule has 0 aromatic heterocycles. The molecule has 3 atom stereocenters. The summed E-state index contributed by atoms with van der Waals surface area (Å²) in [5.74, 6) is 1.40. The first kappa shape index (κ1) is 12.9. The third-order valence-corrected chi connectivity index (χ3v) is 4.49. The lowest BCUT2D eigenvalue weighted by Gasteiger charge is -2.23. The molecule has 2 aliphatic rings. The second kappa shape index (κ2) is 4.27. The van der Waals surface area contributed by atoms with Crippen LogP contribution in [0.2, 0.25) is 0 Å². The first-order valence-corrected chi connectivity index (χ1v) is 6.93. The average Bonchev–Trinajstić information content (AvgIpc) is 2.69. The molecule has 0 radical (unpaired) electrons. The van der Waals surface area contributed by atoms with Gasteiger partial charge in [0.15, 0.2) is 0 Å².